The maximum absolute atomic E-state index is 12.7. The van der Waals surface area contributed by atoms with Crippen LogP contribution >= 0.6 is 0 Å². The van der Waals surface area contributed by atoms with Gasteiger partial charge in [-0.05, 0) is 68.5 Å². The van der Waals surface area contributed by atoms with Crippen molar-refractivity contribution in [3.8, 4) is 5.69 Å². The van der Waals surface area contributed by atoms with Crippen molar-refractivity contribution in [3.63, 3.8) is 0 Å². The first-order valence-corrected chi connectivity index (χ1v) is 10.9. The molecule has 2 aromatic carbocycles. The topological polar surface area (TPSA) is 64.7 Å². The van der Waals surface area contributed by atoms with Crippen molar-refractivity contribution in [1.82, 2.24) is 24.6 Å². The Kier molecular flexibility index (Phi) is 5.06. The normalized spacial score (nSPS) is 15.7. The molecule has 0 unspecified atom stereocenters. The summed E-state index contributed by atoms with van der Waals surface area (Å²) < 4.78 is 4.08. The number of nitrogens with one attached hydrogen (secondary N) is 1. The van der Waals surface area contributed by atoms with Crippen LogP contribution in [-0.2, 0) is 17.8 Å². The van der Waals surface area contributed by atoms with Crippen molar-refractivity contribution >= 4 is 16.9 Å². The lowest BCUT2D eigenvalue weighted by Gasteiger charge is -2.24. The number of hydrogen-bond donors (Lipinski definition) is 1. The van der Waals surface area contributed by atoms with E-state index in [1.54, 1.807) is 0 Å². The Morgan fingerprint density at radius 3 is 2.90 bits per heavy atom. The van der Waals surface area contributed by atoms with Crippen LogP contribution < -0.4 is 5.32 Å². The number of imidazole rings is 1. The second-order valence-corrected chi connectivity index (χ2v) is 8.42. The molecule has 0 radical (unpaired) electrons. The molecule has 0 saturated carbocycles. The van der Waals surface area contributed by atoms with Crippen molar-refractivity contribution in [2.75, 3.05) is 0 Å². The van der Waals surface area contributed by atoms with Crippen LogP contribution in [-0.4, -0.2) is 25.2 Å². The lowest BCUT2D eigenvalue weighted by Crippen LogP contribution is -2.31. The smallest absolute Gasteiger partial charge is 0.222 e. The summed E-state index contributed by atoms with van der Waals surface area (Å²) in [4.78, 5) is 17.1. The highest BCUT2D eigenvalue weighted by molar-refractivity contribution is 5.78. The molecular formula is C25H27N5O. The number of aromatic nitrogens is 4. The monoisotopic (exact) mass is 413 g/mol. The second kappa shape index (κ2) is 8.02. The quantitative estimate of drug-likeness (QED) is 0.527. The summed E-state index contributed by atoms with van der Waals surface area (Å²) in [6.07, 6.45) is 7.14. The van der Waals surface area contributed by atoms with Crippen LogP contribution in [0.3, 0.4) is 0 Å². The zero-order valence-corrected chi connectivity index (χ0v) is 18.0. The Balaban J connectivity index is 1.29. The SMILES string of the molecule is Cc1ccc(-n2ncc3c2CCC[C@@H]3NC(=O)CCn2cnc3ccccc32)cc1C. The Labute approximate surface area is 181 Å². The largest absolute Gasteiger partial charge is 0.349 e. The van der Waals surface area contributed by atoms with Gasteiger partial charge in [-0.3, -0.25) is 4.79 Å². The van der Waals surface area contributed by atoms with E-state index in [0.717, 1.165) is 41.5 Å². The first-order chi connectivity index (χ1) is 15.1. The molecule has 1 N–H and O–H groups in total. The highest BCUT2D eigenvalue weighted by Gasteiger charge is 2.26. The molecule has 0 spiro atoms. The van der Waals surface area contributed by atoms with Gasteiger partial charge in [0.05, 0.1) is 35.3 Å². The van der Waals surface area contributed by atoms with Gasteiger partial charge in [-0.1, -0.05) is 18.2 Å². The summed E-state index contributed by atoms with van der Waals surface area (Å²) >= 11 is 0. The number of carbonyl (C=O) groups is 1. The number of fused-ring (bicyclic) bond motifs is 2. The van der Waals surface area contributed by atoms with E-state index in [0.29, 0.717) is 13.0 Å². The number of aryl methyl sites for hydroxylation is 3. The summed E-state index contributed by atoms with van der Waals surface area (Å²) in [5.41, 5.74) is 7.99. The molecule has 0 saturated heterocycles. The second-order valence-electron chi connectivity index (χ2n) is 8.42. The van der Waals surface area contributed by atoms with Crippen molar-refractivity contribution in [3.05, 3.63) is 77.4 Å². The fraction of sp³-hybridized carbons (Fsp3) is 0.320. The fourth-order valence-electron chi connectivity index (χ4n) is 4.46. The molecule has 0 fully saturated rings. The molecule has 158 valence electrons. The molecule has 1 atom stereocenters. The van der Waals surface area contributed by atoms with E-state index in [9.17, 15) is 4.79 Å². The first-order valence-electron chi connectivity index (χ1n) is 10.9. The summed E-state index contributed by atoms with van der Waals surface area (Å²) in [7, 11) is 0. The van der Waals surface area contributed by atoms with Crippen LogP contribution in [0.1, 0.15) is 47.7 Å². The molecule has 0 bridgehead atoms. The minimum absolute atomic E-state index is 0.0241. The van der Waals surface area contributed by atoms with Crippen molar-refractivity contribution < 1.29 is 4.79 Å². The van der Waals surface area contributed by atoms with Crippen molar-refractivity contribution in [1.29, 1.82) is 0 Å². The summed E-state index contributed by atoms with van der Waals surface area (Å²) in [5, 5.41) is 7.91. The Bertz CT molecular complexity index is 1250. The predicted molar refractivity (Wildman–Crippen MR) is 121 cm³/mol. The lowest BCUT2D eigenvalue weighted by molar-refractivity contribution is -0.122. The highest BCUT2D eigenvalue weighted by Crippen LogP contribution is 2.31. The van der Waals surface area contributed by atoms with Gasteiger partial charge in [0, 0.05) is 24.2 Å². The number of rotatable bonds is 5. The average molecular weight is 414 g/mol. The molecule has 1 aliphatic carbocycles. The third-order valence-corrected chi connectivity index (χ3v) is 6.36. The molecule has 31 heavy (non-hydrogen) atoms. The molecule has 2 aromatic heterocycles. The Hall–Kier alpha value is -3.41. The summed E-state index contributed by atoms with van der Waals surface area (Å²) in [5.74, 6) is 0.0644. The molecule has 4 aromatic rings. The van der Waals surface area contributed by atoms with Crippen molar-refractivity contribution in [2.45, 2.75) is 52.1 Å². The van der Waals surface area contributed by atoms with Gasteiger partial charge in [-0.25, -0.2) is 9.67 Å². The average Bonchev–Trinajstić information content (AvgIpc) is 3.39. The summed E-state index contributed by atoms with van der Waals surface area (Å²) in [6, 6.07) is 14.5. The maximum Gasteiger partial charge on any atom is 0.222 e. The van der Waals surface area contributed by atoms with E-state index in [1.165, 1.54) is 16.8 Å². The van der Waals surface area contributed by atoms with Crippen LogP contribution in [0.15, 0.2) is 55.0 Å². The number of nitrogens with zero attached hydrogens (tertiary/aromatic N) is 4. The van der Waals surface area contributed by atoms with Gasteiger partial charge in [0.25, 0.3) is 0 Å². The van der Waals surface area contributed by atoms with Gasteiger partial charge in [0.15, 0.2) is 0 Å². The highest BCUT2D eigenvalue weighted by atomic mass is 16.1. The van der Waals surface area contributed by atoms with Gasteiger partial charge in [-0.15, -0.1) is 0 Å². The standard InChI is InChI=1S/C25H27N5O/c1-17-10-11-19(14-18(17)2)30-23-9-5-7-21(20(23)15-27-30)28-25(31)12-13-29-16-26-22-6-3-4-8-24(22)29/h3-4,6,8,10-11,14-16,21H,5,7,9,12-13H2,1-2H3,(H,28,31)/t21-/m0/s1. The number of para-hydroxylation sites is 2. The molecule has 6 nitrogen and oxygen atoms in total. The van der Waals surface area contributed by atoms with Gasteiger partial charge in [0.2, 0.25) is 5.91 Å². The minimum Gasteiger partial charge on any atom is -0.349 e. The Morgan fingerprint density at radius 1 is 1.16 bits per heavy atom. The fourth-order valence-corrected chi connectivity index (χ4v) is 4.46. The number of hydrogen-bond acceptors (Lipinski definition) is 3. The van der Waals surface area contributed by atoms with E-state index < -0.39 is 0 Å². The minimum atomic E-state index is 0.0241. The molecular weight excluding hydrogens is 386 g/mol. The van der Waals surface area contributed by atoms with Crippen LogP contribution in [0.4, 0.5) is 0 Å². The third-order valence-electron chi connectivity index (χ3n) is 6.36. The van der Waals surface area contributed by atoms with E-state index in [4.69, 9.17) is 0 Å². The molecule has 6 heteroatoms. The van der Waals surface area contributed by atoms with E-state index in [1.807, 2.05) is 46.0 Å². The third kappa shape index (κ3) is 3.74. The number of carbonyl (C=O) groups excluding carboxylic acids is 1. The lowest BCUT2D eigenvalue weighted by atomic mass is 9.92. The van der Waals surface area contributed by atoms with Gasteiger partial charge in [0.1, 0.15) is 0 Å². The molecule has 0 aliphatic heterocycles. The first kappa shape index (κ1) is 19.5. The van der Waals surface area contributed by atoms with Crippen LogP contribution in [0.2, 0.25) is 0 Å². The zero-order valence-electron chi connectivity index (χ0n) is 18.0. The summed E-state index contributed by atoms with van der Waals surface area (Å²) in [6.45, 7) is 4.87. The van der Waals surface area contributed by atoms with Crippen LogP contribution in [0, 0.1) is 13.8 Å². The van der Waals surface area contributed by atoms with Crippen LogP contribution in [0.25, 0.3) is 16.7 Å². The predicted octanol–water partition coefficient (Wildman–Crippen LogP) is 4.42. The van der Waals surface area contributed by atoms with E-state index in [2.05, 4.69) is 47.4 Å². The van der Waals surface area contributed by atoms with Crippen LogP contribution in [0.5, 0.6) is 0 Å². The Morgan fingerprint density at radius 2 is 2.03 bits per heavy atom. The maximum atomic E-state index is 12.7. The van der Waals surface area contributed by atoms with E-state index >= 15 is 0 Å². The van der Waals surface area contributed by atoms with Gasteiger partial charge < -0.3 is 9.88 Å². The molecule has 1 aliphatic rings. The van der Waals surface area contributed by atoms with Gasteiger partial charge >= 0.3 is 0 Å². The molecule has 1 amide bonds. The zero-order chi connectivity index (χ0) is 21.4. The number of benzene rings is 2. The molecule has 2 heterocycles. The number of amides is 1. The van der Waals surface area contributed by atoms with E-state index in [-0.39, 0.29) is 11.9 Å². The molecule has 5 rings (SSSR count). The van der Waals surface area contributed by atoms with Crippen molar-refractivity contribution in [2.24, 2.45) is 0 Å². The van der Waals surface area contributed by atoms with Gasteiger partial charge in [-0.2, -0.15) is 5.10 Å².